The average Bonchev–Trinajstić information content (AvgIpc) is 2.20. The topological polar surface area (TPSA) is 66.4 Å². The van der Waals surface area contributed by atoms with E-state index in [0.717, 1.165) is 0 Å². The molecule has 0 radical (unpaired) electrons. The number of rotatable bonds is 5. The van der Waals surface area contributed by atoms with Gasteiger partial charge in [0.15, 0.2) is 0 Å². The predicted octanol–water partition coefficient (Wildman–Crippen LogP) is 2.91. The number of aliphatic carboxylic acids is 1. The highest BCUT2D eigenvalue weighted by Gasteiger charge is 2.24. The lowest BCUT2D eigenvalue weighted by molar-refractivity contribution is -0.138. The van der Waals surface area contributed by atoms with Gasteiger partial charge in [-0.25, -0.2) is 0 Å². The van der Waals surface area contributed by atoms with Gasteiger partial charge in [0.05, 0.1) is 12.8 Å². The van der Waals surface area contributed by atoms with E-state index >= 15 is 0 Å². The second-order valence-corrected chi connectivity index (χ2v) is 5.69. The van der Waals surface area contributed by atoms with Crippen molar-refractivity contribution in [2.24, 2.45) is 0 Å². The minimum absolute atomic E-state index is 0.0154. The van der Waals surface area contributed by atoms with E-state index in [-0.39, 0.29) is 18.7 Å². The van der Waals surface area contributed by atoms with Crippen molar-refractivity contribution < 1.29 is 14.7 Å². The molecule has 0 aromatic heterocycles. The fourth-order valence-electron chi connectivity index (χ4n) is 1.71. The van der Waals surface area contributed by atoms with Crippen LogP contribution in [0.25, 0.3) is 0 Å². The van der Waals surface area contributed by atoms with Gasteiger partial charge in [-0.3, -0.25) is 9.59 Å². The van der Waals surface area contributed by atoms with E-state index in [1.54, 1.807) is 32.0 Å². The van der Waals surface area contributed by atoms with E-state index in [0.29, 0.717) is 15.6 Å². The van der Waals surface area contributed by atoms with Gasteiger partial charge in [0, 0.05) is 15.6 Å². The molecule has 2 N–H and O–H groups in total. The van der Waals surface area contributed by atoms with Crippen LogP contribution >= 0.6 is 23.2 Å². The highest BCUT2D eigenvalue weighted by Crippen LogP contribution is 2.24. The number of halogens is 2. The fraction of sp³-hybridized carbons (Fsp3) is 0.385. The maximum absolute atomic E-state index is 11.9. The molecular weight excluding hydrogens is 289 g/mol. The van der Waals surface area contributed by atoms with E-state index < -0.39 is 11.5 Å². The summed E-state index contributed by atoms with van der Waals surface area (Å²) in [6.45, 7) is 3.29. The number of amides is 1. The first-order chi connectivity index (χ1) is 8.71. The first-order valence-electron chi connectivity index (χ1n) is 5.67. The lowest BCUT2D eigenvalue weighted by Crippen LogP contribution is -2.45. The van der Waals surface area contributed by atoms with Crippen LogP contribution in [0.15, 0.2) is 18.2 Å². The van der Waals surface area contributed by atoms with Crippen LogP contribution in [0, 0.1) is 0 Å². The number of carbonyl (C=O) groups is 2. The van der Waals surface area contributed by atoms with E-state index in [4.69, 9.17) is 28.3 Å². The normalized spacial score (nSPS) is 11.2. The molecule has 0 aliphatic heterocycles. The lowest BCUT2D eigenvalue weighted by Gasteiger charge is -2.24. The number of hydrogen-bond acceptors (Lipinski definition) is 2. The summed E-state index contributed by atoms with van der Waals surface area (Å²) < 4.78 is 0. The fourth-order valence-corrected chi connectivity index (χ4v) is 2.24. The SMILES string of the molecule is CC(C)(CC(=O)O)NC(=O)Cc1c(Cl)cccc1Cl. The molecule has 1 aromatic carbocycles. The Balaban J connectivity index is 2.73. The Morgan fingerprint density at radius 3 is 2.26 bits per heavy atom. The second kappa shape index (κ2) is 6.26. The monoisotopic (exact) mass is 303 g/mol. The molecule has 0 aliphatic carbocycles. The summed E-state index contributed by atoms with van der Waals surface area (Å²) in [5.74, 6) is -1.29. The molecule has 0 spiro atoms. The van der Waals surface area contributed by atoms with E-state index in [1.165, 1.54) is 0 Å². The van der Waals surface area contributed by atoms with Crippen molar-refractivity contribution in [2.75, 3.05) is 0 Å². The van der Waals surface area contributed by atoms with Gasteiger partial charge in [-0.1, -0.05) is 29.3 Å². The Morgan fingerprint density at radius 2 is 1.79 bits per heavy atom. The van der Waals surface area contributed by atoms with Gasteiger partial charge in [-0.15, -0.1) is 0 Å². The van der Waals surface area contributed by atoms with Crippen molar-refractivity contribution in [3.05, 3.63) is 33.8 Å². The molecule has 0 bridgehead atoms. The average molecular weight is 304 g/mol. The number of carbonyl (C=O) groups excluding carboxylic acids is 1. The standard InChI is InChI=1S/C13H15Cl2NO3/c1-13(2,7-12(18)19)16-11(17)6-8-9(14)4-3-5-10(8)15/h3-5H,6-7H2,1-2H3,(H,16,17)(H,18,19). The summed E-state index contributed by atoms with van der Waals surface area (Å²) >= 11 is 11.9. The number of carboxylic acids is 1. The minimum Gasteiger partial charge on any atom is -0.481 e. The highest BCUT2D eigenvalue weighted by atomic mass is 35.5. The minimum atomic E-state index is -0.971. The van der Waals surface area contributed by atoms with Crippen molar-refractivity contribution >= 4 is 35.1 Å². The van der Waals surface area contributed by atoms with Crippen molar-refractivity contribution in [2.45, 2.75) is 32.2 Å². The highest BCUT2D eigenvalue weighted by molar-refractivity contribution is 6.36. The summed E-state index contributed by atoms with van der Waals surface area (Å²) in [6, 6.07) is 5.00. The first-order valence-corrected chi connectivity index (χ1v) is 6.42. The molecule has 0 aliphatic rings. The molecular formula is C13H15Cl2NO3. The number of nitrogens with one attached hydrogen (secondary N) is 1. The van der Waals surface area contributed by atoms with Crippen LogP contribution in [0.5, 0.6) is 0 Å². The summed E-state index contributed by atoms with van der Waals surface area (Å²) in [5, 5.41) is 12.2. The van der Waals surface area contributed by atoms with Crippen LogP contribution < -0.4 is 5.32 Å². The maximum atomic E-state index is 11.9. The zero-order chi connectivity index (χ0) is 14.6. The molecule has 0 heterocycles. The third kappa shape index (κ3) is 5.09. The zero-order valence-corrected chi connectivity index (χ0v) is 12.2. The Morgan fingerprint density at radius 1 is 1.26 bits per heavy atom. The first kappa shape index (κ1) is 15.8. The summed E-state index contributed by atoms with van der Waals surface area (Å²) in [6.07, 6.45) is -0.142. The number of benzene rings is 1. The van der Waals surface area contributed by atoms with Crippen LogP contribution in [0.3, 0.4) is 0 Å². The van der Waals surface area contributed by atoms with E-state index in [1.807, 2.05) is 0 Å². The van der Waals surface area contributed by atoms with E-state index in [9.17, 15) is 9.59 Å². The quantitative estimate of drug-likeness (QED) is 0.879. The second-order valence-electron chi connectivity index (χ2n) is 4.88. The van der Waals surface area contributed by atoms with Crippen LogP contribution in [0.2, 0.25) is 10.0 Å². The Hall–Kier alpha value is -1.26. The lowest BCUT2D eigenvalue weighted by atomic mass is 10.00. The van der Waals surface area contributed by atoms with Gasteiger partial charge in [0.2, 0.25) is 5.91 Å². The molecule has 1 aromatic rings. The molecule has 0 saturated heterocycles. The predicted molar refractivity (Wildman–Crippen MR) is 74.6 cm³/mol. The third-order valence-corrected chi connectivity index (χ3v) is 3.18. The van der Waals surface area contributed by atoms with Crippen molar-refractivity contribution in [3.63, 3.8) is 0 Å². The summed E-state index contributed by atoms with van der Waals surface area (Å²) in [4.78, 5) is 22.6. The van der Waals surface area contributed by atoms with Crippen molar-refractivity contribution in [3.8, 4) is 0 Å². The molecule has 1 rings (SSSR count). The van der Waals surface area contributed by atoms with Crippen molar-refractivity contribution in [1.82, 2.24) is 5.32 Å². The molecule has 19 heavy (non-hydrogen) atoms. The van der Waals surface area contributed by atoms with Gasteiger partial charge in [0.1, 0.15) is 0 Å². The molecule has 0 fully saturated rings. The Kier molecular flexibility index (Phi) is 5.20. The molecule has 6 heteroatoms. The van der Waals surface area contributed by atoms with Crippen molar-refractivity contribution in [1.29, 1.82) is 0 Å². The molecule has 0 atom stereocenters. The maximum Gasteiger partial charge on any atom is 0.305 e. The molecule has 0 unspecified atom stereocenters. The van der Waals surface area contributed by atoms with Gasteiger partial charge < -0.3 is 10.4 Å². The molecule has 0 saturated carbocycles. The van der Waals surface area contributed by atoms with Crippen LogP contribution in [-0.4, -0.2) is 22.5 Å². The summed E-state index contributed by atoms with van der Waals surface area (Å²) in [5.41, 5.74) is -0.286. The third-order valence-electron chi connectivity index (χ3n) is 2.47. The summed E-state index contributed by atoms with van der Waals surface area (Å²) in [7, 11) is 0. The molecule has 104 valence electrons. The molecule has 4 nitrogen and oxygen atoms in total. The van der Waals surface area contributed by atoms with Gasteiger partial charge >= 0.3 is 5.97 Å². The van der Waals surface area contributed by atoms with Gasteiger partial charge in [0.25, 0.3) is 0 Å². The number of carboxylic acid groups (broad SMARTS) is 1. The van der Waals surface area contributed by atoms with Crippen LogP contribution in [0.1, 0.15) is 25.8 Å². The van der Waals surface area contributed by atoms with Gasteiger partial charge in [-0.05, 0) is 31.5 Å². The van der Waals surface area contributed by atoms with Crippen LogP contribution in [0.4, 0.5) is 0 Å². The molecule has 1 amide bonds. The van der Waals surface area contributed by atoms with E-state index in [2.05, 4.69) is 5.32 Å². The largest absolute Gasteiger partial charge is 0.481 e. The van der Waals surface area contributed by atoms with Crippen LogP contribution in [-0.2, 0) is 16.0 Å². The smallest absolute Gasteiger partial charge is 0.305 e. The Labute approximate surface area is 121 Å². The number of hydrogen-bond donors (Lipinski definition) is 2. The Bertz CT molecular complexity index is 480. The van der Waals surface area contributed by atoms with Gasteiger partial charge in [-0.2, -0.15) is 0 Å². The zero-order valence-electron chi connectivity index (χ0n) is 10.7.